The summed E-state index contributed by atoms with van der Waals surface area (Å²) in [6, 6.07) is 9.31. The van der Waals surface area contributed by atoms with Gasteiger partial charge in [0.15, 0.2) is 5.58 Å². The minimum Gasteiger partial charge on any atom is -0.424 e. The van der Waals surface area contributed by atoms with Gasteiger partial charge in [0.25, 0.3) is 11.9 Å². The van der Waals surface area contributed by atoms with Gasteiger partial charge in [-0.25, -0.2) is 8.78 Å². The van der Waals surface area contributed by atoms with E-state index in [4.69, 9.17) is 4.42 Å². The summed E-state index contributed by atoms with van der Waals surface area (Å²) in [5.74, 6) is -2.14. The van der Waals surface area contributed by atoms with E-state index >= 15 is 0 Å². The van der Waals surface area contributed by atoms with Crippen LogP contribution in [0.5, 0.6) is 0 Å². The number of nitrogens with zero attached hydrogens (tertiary/aromatic N) is 5. The number of piperidine rings is 1. The van der Waals surface area contributed by atoms with Crippen LogP contribution in [-0.4, -0.2) is 49.9 Å². The highest BCUT2D eigenvalue weighted by Crippen LogP contribution is 2.29. The highest BCUT2D eigenvalue weighted by molar-refractivity contribution is 5.98. The molecule has 0 saturated carbocycles. The van der Waals surface area contributed by atoms with Gasteiger partial charge in [-0.15, -0.1) is 0 Å². The normalized spacial score (nSPS) is 18.6. The number of nitrogens with one attached hydrogen (secondary N) is 1. The predicted octanol–water partition coefficient (Wildman–Crippen LogP) is 4.04. The molecule has 0 bridgehead atoms. The number of benzene rings is 2. The molecule has 2 aromatic heterocycles. The molecule has 0 aliphatic carbocycles. The van der Waals surface area contributed by atoms with E-state index < -0.39 is 17.5 Å². The third kappa shape index (κ3) is 4.04. The lowest BCUT2D eigenvalue weighted by Gasteiger charge is -2.40. The fourth-order valence-electron chi connectivity index (χ4n) is 4.37. The first-order valence-electron chi connectivity index (χ1n) is 10.8. The largest absolute Gasteiger partial charge is 0.424 e. The Hall–Kier alpha value is -3.82. The first-order valence-corrected chi connectivity index (χ1v) is 10.8. The molecule has 1 N–H and O–H groups in total. The van der Waals surface area contributed by atoms with Gasteiger partial charge in [-0.1, -0.05) is 19.1 Å². The Kier molecular flexibility index (Phi) is 5.49. The van der Waals surface area contributed by atoms with Crippen LogP contribution in [0.3, 0.4) is 0 Å². The van der Waals surface area contributed by atoms with Gasteiger partial charge in [0.1, 0.15) is 28.4 Å². The van der Waals surface area contributed by atoms with Crippen LogP contribution in [0.15, 0.2) is 53.2 Å². The highest BCUT2D eigenvalue weighted by Gasteiger charge is 2.35. The number of aromatic nitrogens is 4. The van der Waals surface area contributed by atoms with Gasteiger partial charge in [-0.2, -0.15) is 20.0 Å². The fraction of sp³-hybridized carbons (Fsp3) is 0.304. The molecule has 1 amide bonds. The monoisotopic (exact) mass is 452 g/mol. The van der Waals surface area contributed by atoms with Crippen LogP contribution in [0.25, 0.3) is 16.8 Å². The van der Waals surface area contributed by atoms with E-state index in [2.05, 4.69) is 27.4 Å². The Bertz CT molecular complexity index is 1260. The van der Waals surface area contributed by atoms with Crippen molar-refractivity contribution in [3.63, 3.8) is 0 Å². The molecule has 4 aromatic rings. The average Bonchev–Trinajstić information content (AvgIpc) is 3.47. The summed E-state index contributed by atoms with van der Waals surface area (Å²) < 4.78 is 34.6. The fourth-order valence-corrected chi connectivity index (χ4v) is 4.37. The lowest BCUT2D eigenvalue weighted by atomic mass is 9.90. The Morgan fingerprint density at radius 2 is 2.00 bits per heavy atom. The molecule has 3 heterocycles. The SMILES string of the molecule is C[C@@H]1CCCN(C(=O)c2c(F)cc(F)cc2-n2nccn2)[C@@H]1CNc1nc2ccccc2o1. The van der Waals surface area contributed by atoms with Crippen molar-refractivity contribution in [3.8, 4) is 5.69 Å². The number of hydrogen-bond donors (Lipinski definition) is 1. The Morgan fingerprint density at radius 3 is 2.79 bits per heavy atom. The summed E-state index contributed by atoms with van der Waals surface area (Å²) >= 11 is 0. The second-order valence-corrected chi connectivity index (χ2v) is 8.15. The topological polar surface area (TPSA) is 89.1 Å². The van der Waals surface area contributed by atoms with Crippen LogP contribution in [0, 0.1) is 17.6 Å². The summed E-state index contributed by atoms with van der Waals surface area (Å²) in [7, 11) is 0. The Morgan fingerprint density at radius 1 is 1.21 bits per heavy atom. The van der Waals surface area contributed by atoms with Crippen molar-refractivity contribution in [2.24, 2.45) is 5.92 Å². The maximum absolute atomic E-state index is 14.9. The number of halogens is 2. The van der Waals surface area contributed by atoms with Crippen molar-refractivity contribution in [2.45, 2.75) is 25.8 Å². The molecule has 0 spiro atoms. The average molecular weight is 452 g/mol. The van der Waals surface area contributed by atoms with Crippen LogP contribution >= 0.6 is 0 Å². The van der Waals surface area contributed by atoms with E-state index in [-0.39, 0.29) is 23.2 Å². The van der Waals surface area contributed by atoms with E-state index in [0.29, 0.717) is 30.8 Å². The van der Waals surface area contributed by atoms with Crippen LogP contribution in [0.2, 0.25) is 0 Å². The number of fused-ring (bicyclic) bond motifs is 1. The molecule has 2 aromatic carbocycles. The Labute approximate surface area is 188 Å². The lowest BCUT2D eigenvalue weighted by molar-refractivity contribution is 0.0534. The summed E-state index contributed by atoms with van der Waals surface area (Å²) in [6.45, 7) is 2.87. The number of carbonyl (C=O) groups excluding carboxylic acids is 1. The maximum atomic E-state index is 14.9. The Balaban J connectivity index is 1.44. The molecular weight excluding hydrogens is 430 g/mol. The highest BCUT2D eigenvalue weighted by atomic mass is 19.1. The zero-order chi connectivity index (χ0) is 22.9. The molecule has 1 saturated heterocycles. The molecule has 33 heavy (non-hydrogen) atoms. The number of likely N-dealkylation sites (tertiary alicyclic amines) is 1. The van der Waals surface area contributed by atoms with Crippen molar-refractivity contribution in [1.82, 2.24) is 24.9 Å². The number of oxazole rings is 1. The van der Waals surface area contributed by atoms with Gasteiger partial charge in [0, 0.05) is 25.2 Å². The van der Waals surface area contributed by atoms with Gasteiger partial charge in [0.05, 0.1) is 18.4 Å². The van der Waals surface area contributed by atoms with Gasteiger partial charge >= 0.3 is 0 Å². The minimum absolute atomic E-state index is 0.0358. The molecule has 1 aliphatic heterocycles. The van der Waals surface area contributed by atoms with Crippen LogP contribution in [0.1, 0.15) is 30.1 Å². The molecule has 2 atom stereocenters. The summed E-state index contributed by atoms with van der Waals surface area (Å²) in [5, 5.41) is 11.1. The molecule has 1 aliphatic rings. The summed E-state index contributed by atoms with van der Waals surface area (Å²) in [5.41, 5.74) is 1.10. The zero-order valence-corrected chi connectivity index (χ0v) is 17.9. The molecular formula is C23H22F2N6O2. The van der Waals surface area contributed by atoms with Crippen molar-refractivity contribution >= 4 is 23.0 Å². The summed E-state index contributed by atoms with van der Waals surface area (Å²) in [6.07, 6.45) is 4.47. The first kappa shape index (κ1) is 21.0. The third-order valence-electron chi connectivity index (χ3n) is 6.02. The van der Waals surface area contributed by atoms with E-state index in [9.17, 15) is 13.6 Å². The second kappa shape index (κ2) is 8.61. The van der Waals surface area contributed by atoms with E-state index in [0.717, 1.165) is 29.2 Å². The minimum atomic E-state index is -0.948. The van der Waals surface area contributed by atoms with E-state index in [1.165, 1.54) is 12.4 Å². The smallest absolute Gasteiger partial charge is 0.295 e. The first-order chi connectivity index (χ1) is 16.0. The van der Waals surface area contributed by atoms with E-state index in [1.807, 2.05) is 24.3 Å². The number of amides is 1. The predicted molar refractivity (Wildman–Crippen MR) is 117 cm³/mol. The summed E-state index contributed by atoms with van der Waals surface area (Å²) in [4.78, 5) is 20.7. The molecule has 1 fully saturated rings. The molecule has 0 radical (unpaired) electrons. The van der Waals surface area contributed by atoms with Gasteiger partial charge in [-0.05, 0) is 30.9 Å². The standard InChI is InChI=1S/C23H22F2N6O2/c1-14-5-4-10-30(19(14)13-26-23-29-17-6-2-3-7-20(17)33-23)22(32)21-16(25)11-15(24)12-18(21)31-27-8-9-28-31/h2-3,6-9,11-12,14,19H,4-5,10,13H2,1H3,(H,26,29)/t14-,19-/m1/s1. The maximum Gasteiger partial charge on any atom is 0.295 e. The van der Waals surface area contributed by atoms with Crippen LogP contribution in [0.4, 0.5) is 14.8 Å². The third-order valence-corrected chi connectivity index (χ3v) is 6.02. The molecule has 0 unspecified atom stereocenters. The number of carbonyl (C=O) groups is 1. The van der Waals surface area contributed by atoms with Crippen molar-refractivity contribution < 1.29 is 18.0 Å². The van der Waals surface area contributed by atoms with Crippen molar-refractivity contribution in [1.29, 1.82) is 0 Å². The second-order valence-electron chi connectivity index (χ2n) is 8.15. The molecule has 170 valence electrons. The molecule has 5 rings (SSSR count). The van der Waals surface area contributed by atoms with Crippen LogP contribution in [-0.2, 0) is 0 Å². The zero-order valence-electron chi connectivity index (χ0n) is 17.9. The quantitative estimate of drug-likeness (QED) is 0.492. The molecule has 10 heteroatoms. The van der Waals surface area contributed by atoms with Gasteiger partial charge in [0.2, 0.25) is 0 Å². The van der Waals surface area contributed by atoms with E-state index in [1.54, 1.807) is 4.90 Å². The van der Waals surface area contributed by atoms with Crippen molar-refractivity contribution in [3.05, 3.63) is 66.0 Å². The van der Waals surface area contributed by atoms with Gasteiger partial charge < -0.3 is 14.6 Å². The number of anilines is 1. The number of hydrogen-bond acceptors (Lipinski definition) is 6. The number of para-hydroxylation sites is 2. The number of rotatable bonds is 5. The van der Waals surface area contributed by atoms with Gasteiger partial charge in [-0.3, -0.25) is 4.79 Å². The van der Waals surface area contributed by atoms with Crippen LogP contribution < -0.4 is 5.32 Å². The molecule has 8 nitrogen and oxygen atoms in total. The lowest BCUT2D eigenvalue weighted by Crippen LogP contribution is -2.51. The van der Waals surface area contributed by atoms with Crippen molar-refractivity contribution in [2.75, 3.05) is 18.4 Å².